The summed E-state index contributed by atoms with van der Waals surface area (Å²) in [5, 5.41) is 3.94. The molecule has 0 saturated heterocycles. The standard InChI is InChI=1S/C13H16N2O3/c1-7-5-10(16-3)13(17-4)12(8(7)2)9-6-11(14)18-15-9/h5-6H,14H2,1-4H3. The van der Waals surface area contributed by atoms with Crippen molar-refractivity contribution >= 4 is 5.88 Å². The summed E-state index contributed by atoms with van der Waals surface area (Å²) in [6.45, 7) is 4.00. The minimum absolute atomic E-state index is 0.270. The number of methoxy groups -OCH3 is 2. The van der Waals surface area contributed by atoms with Crippen molar-refractivity contribution in [3.63, 3.8) is 0 Å². The molecule has 0 spiro atoms. The first-order valence-electron chi connectivity index (χ1n) is 5.53. The molecule has 0 unspecified atom stereocenters. The Balaban J connectivity index is 2.74. The molecule has 96 valence electrons. The summed E-state index contributed by atoms with van der Waals surface area (Å²) < 4.78 is 15.7. The number of ether oxygens (including phenoxy) is 2. The lowest BCUT2D eigenvalue weighted by molar-refractivity contribution is 0.355. The van der Waals surface area contributed by atoms with Crippen molar-refractivity contribution < 1.29 is 14.0 Å². The van der Waals surface area contributed by atoms with Crippen LogP contribution in [-0.2, 0) is 0 Å². The molecular weight excluding hydrogens is 232 g/mol. The van der Waals surface area contributed by atoms with Gasteiger partial charge in [-0.25, -0.2) is 0 Å². The van der Waals surface area contributed by atoms with Gasteiger partial charge in [0.05, 0.1) is 19.8 Å². The van der Waals surface area contributed by atoms with E-state index in [9.17, 15) is 0 Å². The average molecular weight is 248 g/mol. The number of aryl methyl sites for hydroxylation is 1. The van der Waals surface area contributed by atoms with Crippen molar-refractivity contribution in [1.29, 1.82) is 0 Å². The number of anilines is 1. The zero-order valence-corrected chi connectivity index (χ0v) is 10.9. The molecule has 0 atom stereocenters. The zero-order chi connectivity index (χ0) is 13.3. The zero-order valence-electron chi connectivity index (χ0n) is 10.9. The van der Waals surface area contributed by atoms with Crippen molar-refractivity contribution in [3.8, 4) is 22.8 Å². The monoisotopic (exact) mass is 248 g/mol. The number of rotatable bonds is 3. The smallest absolute Gasteiger partial charge is 0.222 e. The second kappa shape index (κ2) is 4.60. The topological polar surface area (TPSA) is 70.5 Å². The van der Waals surface area contributed by atoms with Crippen molar-refractivity contribution in [2.75, 3.05) is 20.0 Å². The first-order chi connectivity index (χ1) is 8.58. The van der Waals surface area contributed by atoms with Crippen molar-refractivity contribution in [3.05, 3.63) is 23.3 Å². The summed E-state index contributed by atoms with van der Waals surface area (Å²) in [6, 6.07) is 3.60. The lowest BCUT2D eigenvalue weighted by Gasteiger charge is -2.15. The van der Waals surface area contributed by atoms with E-state index in [0.29, 0.717) is 17.2 Å². The fourth-order valence-electron chi connectivity index (χ4n) is 1.93. The van der Waals surface area contributed by atoms with E-state index < -0.39 is 0 Å². The highest BCUT2D eigenvalue weighted by Gasteiger charge is 2.19. The Kier molecular flexibility index (Phi) is 3.14. The first kappa shape index (κ1) is 12.3. The maximum absolute atomic E-state index is 5.56. The van der Waals surface area contributed by atoms with Gasteiger partial charge in [0.1, 0.15) is 5.69 Å². The Morgan fingerprint density at radius 3 is 2.39 bits per heavy atom. The van der Waals surface area contributed by atoms with E-state index in [0.717, 1.165) is 16.7 Å². The van der Waals surface area contributed by atoms with Gasteiger partial charge in [-0.3, -0.25) is 0 Å². The third kappa shape index (κ3) is 1.88. The van der Waals surface area contributed by atoms with E-state index in [-0.39, 0.29) is 5.88 Å². The number of nitrogen functional groups attached to an aromatic ring is 1. The van der Waals surface area contributed by atoms with Gasteiger partial charge in [0.15, 0.2) is 11.5 Å². The minimum Gasteiger partial charge on any atom is -0.493 e. The molecule has 0 bridgehead atoms. The van der Waals surface area contributed by atoms with Crippen LogP contribution in [0.1, 0.15) is 11.1 Å². The number of hydrogen-bond acceptors (Lipinski definition) is 5. The number of nitrogens with zero attached hydrogens (tertiary/aromatic N) is 1. The Morgan fingerprint density at radius 2 is 1.89 bits per heavy atom. The maximum atomic E-state index is 5.56. The summed E-state index contributed by atoms with van der Waals surface area (Å²) in [5.74, 6) is 1.57. The van der Waals surface area contributed by atoms with Crippen LogP contribution >= 0.6 is 0 Å². The molecular formula is C13H16N2O3. The largest absolute Gasteiger partial charge is 0.493 e. The highest BCUT2D eigenvalue weighted by atomic mass is 16.5. The summed E-state index contributed by atoms with van der Waals surface area (Å²) in [4.78, 5) is 0. The fraction of sp³-hybridized carbons (Fsp3) is 0.308. The quantitative estimate of drug-likeness (QED) is 0.903. The van der Waals surface area contributed by atoms with Gasteiger partial charge in [-0.2, -0.15) is 0 Å². The predicted molar refractivity (Wildman–Crippen MR) is 68.9 cm³/mol. The molecule has 2 aromatic rings. The molecule has 0 aliphatic heterocycles. The summed E-state index contributed by atoms with van der Waals surface area (Å²) in [5.41, 5.74) is 9.19. The average Bonchev–Trinajstić information content (AvgIpc) is 2.78. The molecule has 0 saturated carbocycles. The SMILES string of the molecule is COc1cc(C)c(C)c(-c2cc(N)on2)c1OC. The molecule has 5 nitrogen and oxygen atoms in total. The number of benzene rings is 1. The van der Waals surface area contributed by atoms with Gasteiger partial charge in [-0.05, 0) is 31.0 Å². The van der Waals surface area contributed by atoms with Crippen LogP contribution in [0.25, 0.3) is 11.3 Å². The summed E-state index contributed by atoms with van der Waals surface area (Å²) in [7, 11) is 3.20. The molecule has 0 aliphatic rings. The van der Waals surface area contributed by atoms with Gasteiger partial charge < -0.3 is 19.7 Å². The molecule has 5 heteroatoms. The van der Waals surface area contributed by atoms with Crippen LogP contribution in [0, 0.1) is 13.8 Å². The van der Waals surface area contributed by atoms with Gasteiger partial charge in [0.2, 0.25) is 5.88 Å². The third-order valence-electron chi connectivity index (χ3n) is 2.97. The molecule has 2 rings (SSSR count). The van der Waals surface area contributed by atoms with Gasteiger partial charge >= 0.3 is 0 Å². The van der Waals surface area contributed by atoms with Crippen LogP contribution in [-0.4, -0.2) is 19.4 Å². The van der Waals surface area contributed by atoms with Crippen LogP contribution in [0.5, 0.6) is 11.5 Å². The van der Waals surface area contributed by atoms with Gasteiger partial charge in [-0.15, -0.1) is 0 Å². The van der Waals surface area contributed by atoms with Crippen LogP contribution in [0.3, 0.4) is 0 Å². The Bertz CT molecular complexity index is 576. The van der Waals surface area contributed by atoms with Crippen molar-refractivity contribution in [2.24, 2.45) is 0 Å². The first-order valence-corrected chi connectivity index (χ1v) is 5.53. The molecule has 0 aliphatic carbocycles. The van der Waals surface area contributed by atoms with E-state index in [4.69, 9.17) is 19.7 Å². The van der Waals surface area contributed by atoms with Crippen molar-refractivity contribution in [1.82, 2.24) is 5.16 Å². The molecule has 0 amide bonds. The van der Waals surface area contributed by atoms with E-state index in [1.54, 1.807) is 20.3 Å². The highest BCUT2D eigenvalue weighted by Crippen LogP contribution is 2.41. The van der Waals surface area contributed by atoms with Crippen molar-refractivity contribution in [2.45, 2.75) is 13.8 Å². The Morgan fingerprint density at radius 1 is 1.17 bits per heavy atom. The van der Waals surface area contributed by atoms with Crippen LogP contribution in [0.2, 0.25) is 0 Å². The Labute approximate surface area is 105 Å². The second-order valence-electron chi connectivity index (χ2n) is 4.04. The normalized spacial score (nSPS) is 10.4. The third-order valence-corrected chi connectivity index (χ3v) is 2.97. The van der Waals surface area contributed by atoms with Crippen LogP contribution < -0.4 is 15.2 Å². The van der Waals surface area contributed by atoms with Gasteiger partial charge in [-0.1, -0.05) is 5.16 Å². The van der Waals surface area contributed by atoms with E-state index in [1.807, 2.05) is 19.9 Å². The second-order valence-corrected chi connectivity index (χ2v) is 4.04. The summed E-state index contributed by atoms with van der Waals surface area (Å²) in [6.07, 6.45) is 0. The van der Waals surface area contributed by atoms with Crippen LogP contribution in [0.15, 0.2) is 16.7 Å². The lowest BCUT2D eigenvalue weighted by atomic mass is 9.99. The van der Waals surface area contributed by atoms with Crippen LogP contribution in [0.4, 0.5) is 5.88 Å². The number of nitrogens with two attached hydrogens (primary N) is 1. The number of hydrogen-bond donors (Lipinski definition) is 1. The lowest BCUT2D eigenvalue weighted by Crippen LogP contribution is -1.98. The molecule has 1 aromatic heterocycles. The van der Waals surface area contributed by atoms with E-state index in [1.165, 1.54) is 0 Å². The van der Waals surface area contributed by atoms with Gasteiger partial charge in [0, 0.05) is 6.07 Å². The molecule has 2 N–H and O–H groups in total. The fourth-order valence-corrected chi connectivity index (χ4v) is 1.93. The molecule has 1 heterocycles. The maximum Gasteiger partial charge on any atom is 0.222 e. The van der Waals surface area contributed by atoms with E-state index in [2.05, 4.69) is 5.16 Å². The number of aromatic nitrogens is 1. The highest BCUT2D eigenvalue weighted by molar-refractivity contribution is 5.76. The molecule has 18 heavy (non-hydrogen) atoms. The molecule has 0 fully saturated rings. The van der Waals surface area contributed by atoms with Gasteiger partial charge in [0.25, 0.3) is 0 Å². The predicted octanol–water partition coefficient (Wildman–Crippen LogP) is 2.56. The molecule has 1 aromatic carbocycles. The van der Waals surface area contributed by atoms with E-state index >= 15 is 0 Å². The minimum atomic E-state index is 0.270. The Hall–Kier alpha value is -2.17. The summed E-state index contributed by atoms with van der Waals surface area (Å²) >= 11 is 0. The molecule has 0 radical (unpaired) electrons.